The van der Waals surface area contributed by atoms with Crippen LogP contribution in [0.1, 0.15) is 18.1 Å². The molecule has 1 aliphatic rings. The Morgan fingerprint density at radius 1 is 1.28 bits per heavy atom. The molecule has 1 aromatic carbocycles. The second-order valence-electron chi connectivity index (χ2n) is 4.97. The summed E-state index contributed by atoms with van der Waals surface area (Å²) in [5, 5.41) is 0. The van der Waals surface area contributed by atoms with Crippen molar-refractivity contribution >= 4 is 11.6 Å². The molecule has 2 rings (SSSR count). The van der Waals surface area contributed by atoms with E-state index in [2.05, 4.69) is 17.9 Å². The lowest BCUT2D eigenvalue weighted by molar-refractivity contribution is -0.130. The van der Waals surface area contributed by atoms with Crippen LogP contribution in [0.3, 0.4) is 0 Å². The van der Waals surface area contributed by atoms with Crippen molar-refractivity contribution in [2.75, 3.05) is 31.9 Å². The second kappa shape index (κ2) is 5.40. The highest BCUT2D eigenvalue weighted by molar-refractivity contribution is 5.73. The molecule has 4 heteroatoms. The first-order valence-corrected chi connectivity index (χ1v) is 6.39. The molecule has 1 amide bonds. The molecule has 1 saturated heterocycles. The fourth-order valence-corrected chi connectivity index (χ4v) is 2.32. The van der Waals surface area contributed by atoms with Crippen molar-refractivity contribution in [3.8, 4) is 0 Å². The van der Waals surface area contributed by atoms with Crippen LogP contribution in [0.15, 0.2) is 18.2 Å². The molecule has 2 N–H and O–H groups in total. The van der Waals surface area contributed by atoms with Crippen LogP contribution in [-0.4, -0.2) is 41.9 Å². The van der Waals surface area contributed by atoms with Crippen molar-refractivity contribution in [3.63, 3.8) is 0 Å². The van der Waals surface area contributed by atoms with E-state index >= 15 is 0 Å². The highest BCUT2D eigenvalue weighted by Gasteiger charge is 2.18. The third-order valence-electron chi connectivity index (χ3n) is 3.58. The van der Waals surface area contributed by atoms with Gasteiger partial charge in [0, 0.05) is 45.3 Å². The van der Waals surface area contributed by atoms with E-state index in [4.69, 9.17) is 5.73 Å². The molecule has 18 heavy (non-hydrogen) atoms. The quantitative estimate of drug-likeness (QED) is 0.800. The maximum Gasteiger partial charge on any atom is 0.219 e. The van der Waals surface area contributed by atoms with Crippen LogP contribution >= 0.6 is 0 Å². The van der Waals surface area contributed by atoms with Gasteiger partial charge in [-0.25, -0.2) is 0 Å². The zero-order valence-corrected chi connectivity index (χ0v) is 11.1. The minimum absolute atomic E-state index is 0.176. The van der Waals surface area contributed by atoms with Crippen LogP contribution in [0.2, 0.25) is 0 Å². The Morgan fingerprint density at radius 3 is 2.56 bits per heavy atom. The number of benzene rings is 1. The summed E-state index contributed by atoms with van der Waals surface area (Å²) in [6.45, 7) is 8.20. The Balaban J connectivity index is 1.95. The SMILES string of the molecule is CC(=O)N1CCN(Cc2cc(N)ccc2C)CC1. The number of hydrogen-bond donors (Lipinski definition) is 1. The molecule has 0 aliphatic carbocycles. The Bertz CT molecular complexity index is 437. The molecule has 0 spiro atoms. The van der Waals surface area contributed by atoms with E-state index in [1.54, 1.807) is 6.92 Å². The topological polar surface area (TPSA) is 49.6 Å². The van der Waals surface area contributed by atoms with Gasteiger partial charge in [0.15, 0.2) is 0 Å². The third kappa shape index (κ3) is 3.01. The maximum absolute atomic E-state index is 11.3. The van der Waals surface area contributed by atoms with Crippen molar-refractivity contribution in [1.29, 1.82) is 0 Å². The van der Waals surface area contributed by atoms with Gasteiger partial charge in [0.05, 0.1) is 0 Å². The lowest BCUT2D eigenvalue weighted by atomic mass is 10.1. The van der Waals surface area contributed by atoms with Gasteiger partial charge in [0.25, 0.3) is 0 Å². The first-order chi connectivity index (χ1) is 8.56. The minimum atomic E-state index is 0.176. The van der Waals surface area contributed by atoms with Crippen molar-refractivity contribution in [2.24, 2.45) is 0 Å². The van der Waals surface area contributed by atoms with Crippen LogP contribution in [0.4, 0.5) is 5.69 Å². The van der Waals surface area contributed by atoms with Crippen LogP contribution in [0, 0.1) is 6.92 Å². The second-order valence-corrected chi connectivity index (χ2v) is 4.97. The van der Waals surface area contributed by atoms with Crippen molar-refractivity contribution in [1.82, 2.24) is 9.80 Å². The van der Waals surface area contributed by atoms with Gasteiger partial charge in [0.2, 0.25) is 5.91 Å². The Labute approximate surface area is 108 Å². The van der Waals surface area contributed by atoms with Gasteiger partial charge in [-0.15, -0.1) is 0 Å². The highest BCUT2D eigenvalue weighted by atomic mass is 16.2. The van der Waals surface area contributed by atoms with Gasteiger partial charge >= 0.3 is 0 Å². The molecular formula is C14H21N3O. The summed E-state index contributed by atoms with van der Waals surface area (Å²) in [5.41, 5.74) is 9.20. The normalized spacial score (nSPS) is 16.9. The van der Waals surface area contributed by atoms with E-state index in [0.717, 1.165) is 38.4 Å². The molecule has 1 aromatic rings. The van der Waals surface area contributed by atoms with E-state index in [1.807, 2.05) is 17.0 Å². The fraction of sp³-hybridized carbons (Fsp3) is 0.500. The molecule has 0 aromatic heterocycles. The molecule has 0 saturated carbocycles. The summed E-state index contributed by atoms with van der Waals surface area (Å²) in [7, 11) is 0. The van der Waals surface area contributed by atoms with Crippen molar-refractivity contribution in [3.05, 3.63) is 29.3 Å². The smallest absolute Gasteiger partial charge is 0.219 e. The van der Waals surface area contributed by atoms with Crippen molar-refractivity contribution in [2.45, 2.75) is 20.4 Å². The van der Waals surface area contributed by atoms with Crippen LogP contribution in [0.25, 0.3) is 0 Å². The van der Waals surface area contributed by atoms with E-state index in [-0.39, 0.29) is 5.91 Å². The predicted octanol–water partition coefficient (Wildman–Crippen LogP) is 1.24. The van der Waals surface area contributed by atoms with Gasteiger partial charge in [-0.1, -0.05) is 6.07 Å². The third-order valence-corrected chi connectivity index (χ3v) is 3.58. The number of anilines is 1. The largest absolute Gasteiger partial charge is 0.399 e. The Morgan fingerprint density at radius 2 is 1.94 bits per heavy atom. The van der Waals surface area contributed by atoms with Gasteiger partial charge < -0.3 is 10.6 Å². The zero-order valence-electron chi connectivity index (χ0n) is 11.1. The number of amides is 1. The summed E-state index contributed by atoms with van der Waals surface area (Å²) < 4.78 is 0. The first-order valence-electron chi connectivity index (χ1n) is 6.39. The molecule has 1 fully saturated rings. The summed E-state index contributed by atoms with van der Waals surface area (Å²) in [4.78, 5) is 15.5. The molecular weight excluding hydrogens is 226 g/mol. The van der Waals surface area contributed by atoms with Crippen LogP contribution in [0.5, 0.6) is 0 Å². The summed E-state index contributed by atoms with van der Waals surface area (Å²) in [6.07, 6.45) is 0. The van der Waals surface area contributed by atoms with Gasteiger partial charge in [0.1, 0.15) is 0 Å². The molecule has 0 unspecified atom stereocenters. The van der Waals surface area contributed by atoms with Crippen LogP contribution < -0.4 is 5.73 Å². The molecule has 1 heterocycles. The fourth-order valence-electron chi connectivity index (χ4n) is 2.32. The van der Waals surface area contributed by atoms with E-state index in [9.17, 15) is 4.79 Å². The number of carbonyl (C=O) groups excluding carboxylic acids is 1. The first kappa shape index (κ1) is 12.9. The van der Waals surface area contributed by atoms with E-state index < -0.39 is 0 Å². The maximum atomic E-state index is 11.3. The standard InChI is InChI=1S/C14H21N3O/c1-11-3-4-14(15)9-13(11)10-16-5-7-17(8-6-16)12(2)18/h3-4,9H,5-8,10,15H2,1-2H3. The predicted molar refractivity (Wildman–Crippen MR) is 73.1 cm³/mol. The molecule has 0 bridgehead atoms. The van der Waals surface area contributed by atoms with Crippen molar-refractivity contribution < 1.29 is 4.79 Å². The molecule has 98 valence electrons. The van der Waals surface area contributed by atoms with Gasteiger partial charge in [-0.2, -0.15) is 0 Å². The highest BCUT2D eigenvalue weighted by Crippen LogP contribution is 2.16. The molecule has 4 nitrogen and oxygen atoms in total. The zero-order chi connectivity index (χ0) is 13.1. The number of piperazine rings is 1. The number of nitrogen functional groups attached to an aromatic ring is 1. The van der Waals surface area contributed by atoms with Gasteiger partial charge in [-0.3, -0.25) is 9.69 Å². The molecule has 0 atom stereocenters. The minimum Gasteiger partial charge on any atom is -0.399 e. The Kier molecular flexibility index (Phi) is 3.87. The number of rotatable bonds is 2. The monoisotopic (exact) mass is 247 g/mol. The number of aryl methyl sites for hydroxylation is 1. The number of nitrogens with zero attached hydrogens (tertiary/aromatic N) is 2. The number of carbonyl (C=O) groups is 1. The van der Waals surface area contributed by atoms with E-state index in [0.29, 0.717) is 0 Å². The number of nitrogens with two attached hydrogens (primary N) is 1. The molecule has 0 radical (unpaired) electrons. The summed E-state index contributed by atoms with van der Waals surface area (Å²) in [5.74, 6) is 0.176. The van der Waals surface area contributed by atoms with Crippen LogP contribution in [-0.2, 0) is 11.3 Å². The Hall–Kier alpha value is -1.55. The lowest BCUT2D eigenvalue weighted by Gasteiger charge is -2.34. The number of hydrogen-bond acceptors (Lipinski definition) is 3. The molecule has 1 aliphatic heterocycles. The average molecular weight is 247 g/mol. The lowest BCUT2D eigenvalue weighted by Crippen LogP contribution is -2.47. The van der Waals surface area contributed by atoms with Gasteiger partial charge in [-0.05, 0) is 30.2 Å². The van der Waals surface area contributed by atoms with E-state index in [1.165, 1.54) is 11.1 Å². The average Bonchev–Trinajstić information content (AvgIpc) is 2.34. The summed E-state index contributed by atoms with van der Waals surface area (Å²) >= 11 is 0. The summed E-state index contributed by atoms with van der Waals surface area (Å²) in [6, 6.07) is 6.05.